The third-order valence-electron chi connectivity index (χ3n) is 2.28. The van der Waals surface area contributed by atoms with Gasteiger partial charge < -0.3 is 9.72 Å². The molecule has 4 heteroatoms. The van der Waals surface area contributed by atoms with E-state index in [4.69, 9.17) is 4.74 Å². The summed E-state index contributed by atoms with van der Waals surface area (Å²) in [7, 11) is 1.59. The number of hydrogen-bond donors (Lipinski definition) is 1. The highest BCUT2D eigenvalue weighted by molar-refractivity contribution is 5.22. The van der Waals surface area contributed by atoms with Crippen LogP contribution in [-0.2, 0) is 4.74 Å². The Morgan fingerprint density at radius 1 is 1.25 bits per heavy atom. The van der Waals surface area contributed by atoms with Crippen molar-refractivity contribution in [2.75, 3.05) is 7.11 Å². The average molecular weight is 216 g/mol. The quantitative estimate of drug-likeness (QED) is 0.846. The minimum atomic E-state index is -0.338. The molecule has 0 saturated heterocycles. The number of H-pyrrole nitrogens is 1. The Kier molecular flexibility index (Phi) is 3.12. The van der Waals surface area contributed by atoms with Crippen molar-refractivity contribution in [2.45, 2.75) is 6.10 Å². The monoisotopic (exact) mass is 216 g/mol. The first kappa shape index (κ1) is 10.6. The molecule has 0 amide bonds. The maximum atomic E-state index is 11.2. The van der Waals surface area contributed by atoms with Crippen LogP contribution in [0.4, 0.5) is 0 Å². The van der Waals surface area contributed by atoms with E-state index in [9.17, 15) is 4.79 Å². The van der Waals surface area contributed by atoms with Crippen LogP contribution in [0.15, 0.2) is 47.4 Å². The van der Waals surface area contributed by atoms with Gasteiger partial charge >= 0.3 is 0 Å². The van der Waals surface area contributed by atoms with E-state index < -0.39 is 0 Å². The summed E-state index contributed by atoms with van der Waals surface area (Å²) in [6, 6.07) is 11.0. The molecule has 1 aromatic heterocycles. The summed E-state index contributed by atoms with van der Waals surface area (Å²) in [5.41, 5.74) is 0.780. The van der Waals surface area contributed by atoms with E-state index in [-0.39, 0.29) is 11.7 Å². The molecule has 1 atom stereocenters. The van der Waals surface area contributed by atoms with Gasteiger partial charge in [-0.1, -0.05) is 30.3 Å². The Morgan fingerprint density at radius 3 is 2.62 bits per heavy atom. The Hall–Kier alpha value is -1.94. The number of ether oxygens (including phenoxy) is 1. The summed E-state index contributed by atoms with van der Waals surface area (Å²) >= 11 is 0. The standard InChI is InChI=1S/C12H12N2O2/c1-16-11(9-5-3-2-4-6-9)12-13-8-7-10(15)14-12/h2-8,11H,1H3,(H,13,14,15). The van der Waals surface area contributed by atoms with Gasteiger partial charge in [-0.2, -0.15) is 0 Å². The van der Waals surface area contributed by atoms with Gasteiger partial charge in [0.1, 0.15) is 11.9 Å². The van der Waals surface area contributed by atoms with Crippen LogP contribution in [0, 0.1) is 0 Å². The van der Waals surface area contributed by atoms with Crippen molar-refractivity contribution in [2.24, 2.45) is 0 Å². The van der Waals surface area contributed by atoms with Crippen LogP contribution in [-0.4, -0.2) is 17.1 Å². The average Bonchev–Trinajstić information content (AvgIpc) is 2.31. The van der Waals surface area contributed by atoms with Crippen molar-refractivity contribution >= 4 is 0 Å². The molecule has 0 aliphatic carbocycles. The lowest BCUT2D eigenvalue weighted by molar-refractivity contribution is 0.129. The molecule has 0 fully saturated rings. The second-order valence-corrected chi connectivity index (χ2v) is 3.35. The van der Waals surface area contributed by atoms with E-state index in [2.05, 4.69) is 9.97 Å². The summed E-state index contributed by atoms with van der Waals surface area (Å²) < 4.78 is 5.34. The smallest absolute Gasteiger partial charge is 0.250 e. The molecule has 0 aliphatic rings. The molecule has 0 saturated carbocycles. The fourth-order valence-corrected chi connectivity index (χ4v) is 1.55. The third kappa shape index (κ3) is 2.17. The maximum absolute atomic E-state index is 11.2. The molecule has 1 heterocycles. The van der Waals surface area contributed by atoms with Gasteiger partial charge in [0.25, 0.3) is 5.56 Å². The Bertz CT molecular complexity index is 508. The molecule has 1 aromatic carbocycles. The molecular weight excluding hydrogens is 204 g/mol. The summed E-state index contributed by atoms with van der Waals surface area (Å²) in [6.07, 6.45) is 1.14. The van der Waals surface area contributed by atoms with Crippen LogP contribution in [0.1, 0.15) is 17.5 Å². The summed E-state index contributed by atoms with van der Waals surface area (Å²) in [5.74, 6) is 0.515. The van der Waals surface area contributed by atoms with E-state index >= 15 is 0 Å². The van der Waals surface area contributed by atoms with Crippen molar-refractivity contribution in [3.05, 3.63) is 64.3 Å². The molecule has 0 bridgehead atoms. The van der Waals surface area contributed by atoms with Gasteiger partial charge in [-0.25, -0.2) is 4.98 Å². The van der Waals surface area contributed by atoms with Gasteiger partial charge in [0.2, 0.25) is 0 Å². The summed E-state index contributed by atoms with van der Waals surface area (Å²) in [6.45, 7) is 0. The molecule has 0 spiro atoms. The first-order chi connectivity index (χ1) is 7.81. The van der Waals surface area contributed by atoms with Gasteiger partial charge in [-0.05, 0) is 5.56 Å². The second-order valence-electron chi connectivity index (χ2n) is 3.35. The van der Waals surface area contributed by atoms with Gasteiger partial charge in [-0.3, -0.25) is 4.79 Å². The van der Waals surface area contributed by atoms with E-state index in [0.29, 0.717) is 5.82 Å². The molecular formula is C12H12N2O2. The minimum absolute atomic E-state index is 0.178. The second kappa shape index (κ2) is 4.72. The molecule has 0 aliphatic heterocycles. The molecule has 2 aromatic rings. The summed E-state index contributed by atoms with van der Waals surface area (Å²) in [5, 5.41) is 0. The molecule has 1 N–H and O–H groups in total. The van der Waals surface area contributed by atoms with E-state index in [1.807, 2.05) is 30.3 Å². The fourth-order valence-electron chi connectivity index (χ4n) is 1.55. The van der Waals surface area contributed by atoms with E-state index in [0.717, 1.165) is 5.56 Å². The topological polar surface area (TPSA) is 55.0 Å². The van der Waals surface area contributed by atoms with Crippen LogP contribution < -0.4 is 5.56 Å². The lowest BCUT2D eigenvalue weighted by Crippen LogP contribution is -2.14. The van der Waals surface area contributed by atoms with Gasteiger partial charge in [0, 0.05) is 19.4 Å². The van der Waals surface area contributed by atoms with E-state index in [1.165, 1.54) is 12.3 Å². The van der Waals surface area contributed by atoms with Crippen molar-refractivity contribution in [1.82, 2.24) is 9.97 Å². The minimum Gasteiger partial charge on any atom is -0.369 e. The Labute approximate surface area is 92.9 Å². The van der Waals surface area contributed by atoms with Crippen LogP contribution in [0.3, 0.4) is 0 Å². The zero-order chi connectivity index (χ0) is 11.4. The lowest BCUT2D eigenvalue weighted by atomic mass is 10.1. The number of rotatable bonds is 3. The largest absolute Gasteiger partial charge is 0.369 e. The first-order valence-corrected chi connectivity index (χ1v) is 4.94. The highest BCUT2D eigenvalue weighted by Gasteiger charge is 2.14. The van der Waals surface area contributed by atoms with Gasteiger partial charge in [0.05, 0.1) is 0 Å². The van der Waals surface area contributed by atoms with Crippen LogP contribution in [0.25, 0.3) is 0 Å². The highest BCUT2D eigenvalue weighted by atomic mass is 16.5. The Morgan fingerprint density at radius 2 is 2.00 bits per heavy atom. The zero-order valence-electron chi connectivity index (χ0n) is 8.88. The van der Waals surface area contributed by atoms with Crippen LogP contribution in [0.5, 0.6) is 0 Å². The molecule has 1 unspecified atom stereocenters. The highest BCUT2D eigenvalue weighted by Crippen LogP contribution is 2.20. The SMILES string of the molecule is COC(c1ccccc1)c1nccc(=O)[nH]1. The third-order valence-corrected chi connectivity index (χ3v) is 2.28. The number of nitrogens with one attached hydrogen (secondary N) is 1. The van der Waals surface area contributed by atoms with Crippen molar-refractivity contribution in [1.29, 1.82) is 0 Å². The van der Waals surface area contributed by atoms with Gasteiger partial charge in [0.15, 0.2) is 0 Å². The number of hydrogen-bond acceptors (Lipinski definition) is 3. The van der Waals surface area contributed by atoms with Crippen LogP contribution in [0.2, 0.25) is 0 Å². The number of nitrogens with zero attached hydrogens (tertiary/aromatic N) is 1. The summed E-state index contributed by atoms with van der Waals surface area (Å²) in [4.78, 5) is 18.0. The van der Waals surface area contributed by atoms with Crippen molar-refractivity contribution in [3.8, 4) is 0 Å². The van der Waals surface area contributed by atoms with Crippen molar-refractivity contribution < 1.29 is 4.74 Å². The zero-order valence-corrected chi connectivity index (χ0v) is 8.88. The number of aromatic nitrogens is 2. The normalized spacial score (nSPS) is 12.3. The number of methoxy groups -OCH3 is 1. The maximum Gasteiger partial charge on any atom is 0.250 e. The van der Waals surface area contributed by atoms with Gasteiger partial charge in [-0.15, -0.1) is 0 Å². The molecule has 82 valence electrons. The number of aromatic amines is 1. The molecule has 0 radical (unpaired) electrons. The van der Waals surface area contributed by atoms with E-state index in [1.54, 1.807) is 7.11 Å². The number of benzene rings is 1. The predicted octanol–water partition coefficient (Wildman–Crippen LogP) is 1.51. The molecule has 16 heavy (non-hydrogen) atoms. The predicted molar refractivity (Wildman–Crippen MR) is 60.2 cm³/mol. The van der Waals surface area contributed by atoms with Crippen LogP contribution >= 0.6 is 0 Å². The molecule has 2 rings (SSSR count). The fraction of sp³-hybridized carbons (Fsp3) is 0.167. The molecule has 4 nitrogen and oxygen atoms in total. The van der Waals surface area contributed by atoms with Crippen molar-refractivity contribution in [3.63, 3.8) is 0 Å². The Balaban J connectivity index is 2.41. The first-order valence-electron chi connectivity index (χ1n) is 4.94. The lowest BCUT2D eigenvalue weighted by Gasteiger charge is -2.14.